The number of carbonyl (C=O) groups is 2. The Kier molecular flexibility index (Phi) is 6.66. The van der Waals surface area contributed by atoms with Crippen LogP contribution >= 0.6 is 27.5 Å². The molecule has 200 valence electrons. The van der Waals surface area contributed by atoms with Crippen LogP contribution in [0.1, 0.15) is 25.0 Å². The van der Waals surface area contributed by atoms with Crippen molar-refractivity contribution in [3.8, 4) is 11.8 Å². The van der Waals surface area contributed by atoms with Crippen molar-refractivity contribution in [3.63, 3.8) is 0 Å². The van der Waals surface area contributed by atoms with Gasteiger partial charge in [0.1, 0.15) is 28.6 Å². The molecule has 38 heavy (non-hydrogen) atoms. The molecule has 1 aromatic heterocycles. The number of halogens is 3. The number of hydrogen-bond acceptors (Lipinski definition) is 8. The van der Waals surface area contributed by atoms with Crippen molar-refractivity contribution in [2.45, 2.75) is 46.4 Å². The van der Waals surface area contributed by atoms with Gasteiger partial charge in [-0.2, -0.15) is 5.26 Å². The number of pyridine rings is 1. The molecule has 5 rings (SSSR count). The quantitative estimate of drug-likeness (QED) is 0.439. The van der Waals surface area contributed by atoms with Crippen molar-refractivity contribution in [2.24, 2.45) is 0 Å². The van der Waals surface area contributed by atoms with Gasteiger partial charge in [0.15, 0.2) is 9.84 Å². The number of nitriles is 1. The van der Waals surface area contributed by atoms with E-state index in [1.165, 1.54) is 24.4 Å². The first kappa shape index (κ1) is 26.8. The number of nitrogens with one attached hydrogen (secondary N) is 2. The van der Waals surface area contributed by atoms with Gasteiger partial charge in [-0.3, -0.25) is 14.6 Å². The summed E-state index contributed by atoms with van der Waals surface area (Å²) in [6.07, 6.45) is 2.01. The van der Waals surface area contributed by atoms with Crippen LogP contribution in [-0.2, 0) is 24.8 Å². The molecule has 2 atom stereocenters. The minimum Gasteiger partial charge on any atom is -0.508 e. The molecule has 0 radical (unpaired) electrons. The zero-order valence-corrected chi connectivity index (χ0v) is 22.9. The molecule has 3 N–H and O–H groups in total. The largest absolute Gasteiger partial charge is 0.508 e. The molecule has 2 saturated heterocycles. The van der Waals surface area contributed by atoms with Gasteiger partial charge < -0.3 is 20.6 Å². The van der Waals surface area contributed by atoms with E-state index in [4.69, 9.17) is 11.6 Å². The average Bonchev–Trinajstić information content (AvgIpc) is 3.44. The lowest BCUT2D eigenvalue weighted by atomic mass is 9.76. The van der Waals surface area contributed by atoms with Gasteiger partial charge in [0, 0.05) is 30.3 Å². The highest BCUT2D eigenvalue weighted by Gasteiger charge is 2.57. The van der Waals surface area contributed by atoms with Crippen molar-refractivity contribution in [1.82, 2.24) is 20.5 Å². The average molecular weight is 627 g/mol. The van der Waals surface area contributed by atoms with Gasteiger partial charge in [0.2, 0.25) is 11.8 Å². The van der Waals surface area contributed by atoms with E-state index in [9.17, 15) is 32.8 Å². The molecule has 2 aliphatic heterocycles. The van der Waals surface area contributed by atoms with Gasteiger partial charge in [-0.05, 0) is 59.5 Å². The lowest BCUT2D eigenvalue weighted by Crippen LogP contribution is -2.67. The molecule has 1 unspecified atom stereocenters. The summed E-state index contributed by atoms with van der Waals surface area (Å²) >= 11 is 9.27. The molecule has 0 bridgehead atoms. The maximum absolute atomic E-state index is 15.0. The van der Waals surface area contributed by atoms with Gasteiger partial charge >= 0.3 is 0 Å². The fourth-order valence-corrected chi connectivity index (χ4v) is 7.48. The summed E-state index contributed by atoms with van der Waals surface area (Å²) in [6, 6.07) is 5.46. The van der Waals surface area contributed by atoms with Crippen LogP contribution in [0.25, 0.3) is 0 Å². The van der Waals surface area contributed by atoms with E-state index in [0.29, 0.717) is 17.3 Å². The highest BCUT2D eigenvalue weighted by atomic mass is 79.9. The molecule has 1 aromatic carbocycles. The Morgan fingerprint density at radius 3 is 2.58 bits per heavy atom. The molecule has 3 fully saturated rings. The number of benzene rings is 1. The number of phenolic OH excluding ortho intramolecular Hbond substituents is 1. The lowest BCUT2D eigenvalue weighted by molar-refractivity contribution is -0.145. The third-order valence-corrected chi connectivity index (χ3v) is 10.4. The SMILES string of the molecule is N#CC1(NC(=O)[C@@H]2CC(S(=O)(=O)c3ccc(O)cc3Cl)CN2C(=O)C2(c3ncc(Br)cc3F)CNC2)CC1. The van der Waals surface area contributed by atoms with Crippen LogP contribution in [0.5, 0.6) is 5.75 Å². The number of sulfone groups is 1. The monoisotopic (exact) mass is 625 g/mol. The highest BCUT2D eigenvalue weighted by molar-refractivity contribution is 9.10. The third kappa shape index (κ3) is 4.43. The summed E-state index contributed by atoms with van der Waals surface area (Å²) in [6.45, 7) is -0.257. The summed E-state index contributed by atoms with van der Waals surface area (Å²) in [5, 5.41) is 23.3. The first-order valence-electron chi connectivity index (χ1n) is 11.7. The molecular weight excluding hydrogens is 605 g/mol. The number of amides is 2. The van der Waals surface area contributed by atoms with E-state index >= 15 is 0 Å². The highest BCUT2D eigenvalue weighted by Crippen LogP contribution is 2.39. The zero-order chi connectivity index (χ0) is 27.5. The molecule has 10 nitrogen and oxygen atoms in total. The topological polar surface area (TPSA) is 152 Å². The predicted octanol–water partition coefficient (Wildman–Crippen LogP) is 1.80. The van der Waals surface area contributed by atoms with Gasteiger partial charge in [0.25, 0.3) is 0 Å². The van der Waals surface area contributed by atoms with Crippen molar-refractivity contribution < 1.29 is 27.5 Å². The number of aromatic nitrogens is 1. The fourth-order valence-electron chi connectivity index (χ4n) is 4.94. The standard InChI is InChI=1S/C24H22BrClFN5O5S/c25-13-5-17(27)20(30-8-13)24(11-29-12-24)22(35)32-9-15(7-18(32)21(34)31-23(10-28)3-4-23)38(36,37)19-2-1-14(33)6-16(19)26/h1-2,5-6,8,15,18,29,33H,3-4,7,9,11-12H2,(H,31,34)/t15?,18-/m0/s1. The fraction of sp³-hybridized carbons (Fsp3) is 0.417. The molecule has 0 spiro atoms. The number of nitrogens with zero attached hydrogens (tertiary/aromatic N) is 3. The van der Waals surface area contributed by atoms with E-state index in [1.54, 1.807) is 0 Å². The van der Waals surface area contributed by atoms with Gasteiger partial charge in [-0.15, -0.1) is 0 Å². The first-order chi connectivity index (χ1) is 17.9. The van der Waals surface area contributed by atoms with Crippen LogP contribution in [0.2, 0.25) is 5.02 Å². The molecule has 3 aliphatic rings. The predicted molar refractivity (Wildman–Crippen MR) is 136 cm³/mol. The minimum atomic E-state index is -4.16. The summed E-state index contributed by atoms with van der Waals surface area (Å²) in [5.41, 5.74) is -2.59. The molecule has 2 aromatic rings. The molecule has 1 aliphatic carbocycles. The van der Waals surface area contributed by atoms with E-state index in [0.717, 1.165) is 11.0 Å². The van der Waals surface area contributed by atoms with Gasteiger partial charge in [0.05, 0.1) is 26.9 Å². The Labute approximate surface area is 231 Å². The molecule has 1 saturated carbocycles. The minimum absolute atomic E-state index is 0.0472. The maximum atomic E-state index is 15.0. The summed E-state index contributed by atoms with van der Waals surface area (Å²) in [7, 11) is -4.16. The Hall–Kier alpha value is -2.79. The maximum Gasteiger partial charge on any atom is 0.244 e. The summed E-state index contributed by atoms with van der Waals surface area (Å²) in [4.78, 5) is 32.4. The lowest BCUT2D eigenvalue weighted by Gasteiger charge is -2.44. The molecule has 3 heterocycles. The Morgan fingerprint density at radius 2 is 2.03 bits per heavy atom. The van der Waals surface area contributed by atoms with Crippen LogP contribution in [0.4, 0.5) is 4.39 Å². The second kappa shape index (κ2) is 9.44. The van der Waals surface area contributed by atoms with Crippen molar-refractivity contribution in [1.29, 1.82) is 5.26 Å². The summed E-state index contributed by atoms with van der Waals surface area (Å²) in [5.74, 6) is -2.22. The van der Waals surface area contributed by atoms with Crippen LogP contribution in [0, 0.1) is 17.1 Å². The summed E-state index contributed by atoms with van der Waals surface area (Å²) < 4.78 is 42.5. The smallest absolute Gasteiger partial charge is 0.244 e. The molecular formula is C24H22BrClFN5O5S. The van der Waals surface area contributed by atoms with Crippen LogP contribution in [0.3, 0.4) is 0 Å². The zero-order valence-electron chi connectivity index (χ0n) is 19.7. The van der Waals surface area contributed by atoms with E-state index in [1.807, 2.05) is 0 Å². The number of hydrogen-bond donors (Lipinski definition) is 3. The number of aromatic hydroxyl groups is 1. The number of rotatable bonds is 6. The van der Waals surface area contributed by atoms with Crippen LogP contribution in [0.15, 0.2) is 39.8 Å². The van der Waals surface area contributed by atoms with Crippen molar-refractivity contribution in [2.75, 3.05) is 19.6 Å². The van der Waals surface area contributed by atoms with E-state index in [-0.39, 0.29) is 47.4 Å². The Morgan fingerprint density at radius 1 is 1.32 bits per heavy atom. The Balaban J connectivity index is 1.52. The third-order valence-electron chi connectivity index (χ3n) is 7.34. The van der Waals surface area contributed by atoms with Gasteiger partial charge in [-0.25, -0.2) is 12.8 Å². The van der Waals surface area contributed by atoms with Gasteiger partial charge in [-0.1, -0.05) is 11.6 Å². The number of phenols is 1. The van der Waals surface area contributed by atoms with Crippen molar-refractivity contribution in [3.05, 3.63) is 51.5 Å². The number of likely N-dealkylation sites (tertiary alicyclic amines) is 1. The number of carbonyl (C=O) groups excluding carboxylic acids is 2. The van der Waals surface area contributed by atoms with E-state index in [2.05, 4.69) is 37.6 Å². The molecule has 14 heteroatoms. The van der Waals surface area contributed by atoms with Crippen LogP contribution in [-0.4, -0.2) is 71.7 Å². The van der Waals surface area contributed by atoms with E-state index < -0.39 is 49.7 Å². The van der Waals surface area contributed by atoms with Crippen LogP contribution < -0.4 is 10.6 Å². The second-order valence-electron chi connectivity index (χ2n) is 9.84. The van der Waals surface area contributed by atoms with Crippen molar-refractivity contribution >= 4 is 49.2 Å². The normalized spacial score (nSPS) is 23.3. The first-order valence-corrected chi connectivity index (χ1v) is 14.4. The Bertz CT molecular complexity index is 1490. The molecule has 2 amide bonds. The second-order valence-corrected chi connectivity index (χ2v) is 13.4.